The largest absolute Gasteiger partial charge is 0.385 e. The van der Waals surface area contributed by atoms with Crippen LogP contribution >= 0.6 is 0 Å². The minimum Gasteiger partial charge on any atom is -0.385 e. The van der Waals surface area contributed by atoms with Crippen LogP contribution in [0.2, 0.25) is 0 Å². The zero-order chi connectivity index (χ0) is 13.8. The number of amides is 1. The van der Waals surface area contributed by atoms with Gasteiger partial charge in [-0.25, -0.2) is 4.39 Å². The van der Waals surface area contributed by atoms with E-state index in [0.29, 0.717) is 18.7 Å². The van der Waals surface area contributed by atoms with Crippen LogP contribution in [0.3, 0.4) is 0 Å². The van der Waals surface area contributed by atoms with E-state index in [1.54, 1.807) is 31.2 Å². The van der Waals surface area contributed by atoms with Gasteiger partial charge in [0.1, 0.15) is 5.82 Å². The van der Waals surface area contributed by atoms with E-state index in [1.165, 1.54) is 6.07 Å². The minimum atomic E-state index is -0.409. The van der Waals surface area contributed by atoms with Crippen molar-refractivity contribution in [1.29, 1.82) is 0 Å². The number of carbonyl (C=O) groups is 1. The van der Waals surface area contributed by atoms with Crippen LogP contribution in [-0.4, -0.2) is 44.2 Å². The van der Waals surface area contributed by atoms with E-state index in [-0.39, 0.29) is 17.7 Å². The number of rotatable bonds is 3. The second-order valence-corrected chi connectivity index (χ2v) is 4.66. The third-order valence-corrected chi connectivity index (χ3v) is 3.49. The molecule has 0 bridgehead atoms. The number of benzene rings is 1. The number of anilines is 1. The number of nitrogens with zero attached hydrogens (tertiary/aromatic N) is 1. The smallest absolute Gasteiger partial charge is 0.256 e. The first-order valence-corrected chi connectivity index (χ1v) is 6.45. The molecule has 0 saturated carbocycles. The van der Waals surface area contributed by atoms with Crippen LogP contribution in [0.4, 0.5) is 10.1 Å². The highest BCUT2D eigenvalue weighted by atomic mass is 19.1. The lowest BCUT2D eigenvalue weighted by molar-refractivity contribution is 0.0269. The van der Waals surface area contributed by atoms with Crippen molar-refractivity contribution < 1.29 is 13.9 Å². The Labute approximate surface area is 112 Å². The van der Waals surface area contributed by atoms with Gasteiger partial charge in [0.15, 0.2) is 0 Å². The number of hydrogen-bond donors (Lipinski definition) is 1. The highest BCUT2D eigenvalue weighted by Gasteiger charge is 2.26. The zero-order valence-electron chi connectivity index (χ0n) is 11.3. The van der Waals surface area contributed by atoms with Gasteiger partial charge in [0.2, 0.25) is 0 Å². The Morgan fingerprint density at radius 3 is 3.00 bits per heavy atom. The van der Waals surface area contributed by atoms with Crippen molar-refractivity contribution in [1.82, 2.24) is 4.90 Å². The summed E-state index contributed by atoms with van der Waals surface area (Å²) in [6.45, 7) is 1.26. The fourth-order valence-corrected chi connectivity index (χ4v) is 2.44. The Bertz CT molecular complexity index is 465. The van der Waals surface area contributed by atoms with Gasteiger partial charge in [-0.05, 0) is 25.0 Å². The molecule has 1 unspecified atom stereocenters. The van der Waals surface area contributed by atoms with Crippen LogP contribution in [0, 0.1) is 5.82 Å². The summed E-state index contributed by atoms with van der Waals surface area (Å²) < 4.78 is 19.0. The summed E-state index contributed by atoms with van der Waals surface area (Å²) in [6.07, 6.45) is 1.95. The maximum atomic E-state index is 13.7. The average molecular weight is 266 g/mol. The standard InChI is InChI=1S/C14H19FN2O2/c1-16-13-11(6-3-7-12(13)15)14(18)17-8-4-5-10(9-17)19-2/h3,6-7,10,16H,4-5,8-9H2,1-2H3. The number of methoxy groups -OCH3 is 1. The highest BCUT2D eigenvalue weighted by Crippen LogP contribution is 2.23. The Morgan fingerprint density at radius 2 is 2.32 bits per heavy atom. The Morgan fingerprint density at radius 1 is 1.53 bits per heavy atom. The summed E-state index contributed by atoms with van der Waals surface area (Å²) in [4.78, 5) is 14.2. The van der Waals surface area contributed by atoms with Crippen molar-refractivity contribution in [3.8, 4) is 0 Å². The predicted octanol–water partition coefficient (Wildman–Crippen LogP) is 2.12. The van der Waals surface area contributed by atoms with Crippen LogP contribution in [-0.2, 0) is 4.74 Å². The fraction of sp³-hybridized carbons (Fsp3) is 0.500. The number of piperidine rings is 1. The monoisotopic (exact) mass is 266 g/mol. The van der Waals surface area contributed by atoms with Gasteiger partial charge in [-0.2, -0.15) is 0 Å². The molecule has 0 radical (unpaired) electrons. The van der Waals surface area contributed by atoms with Gasteiger partial charge in [0.05, 0.1) is 17.4 Å². The first kappa shape index (κ1) is 13.8. The van der Waals surface area contributed by atoms with Crippen molar-refractivity contribution in [2.45, 2.75) is 18.9 Å². The molecule has 5 heteroatoms. The normalized spacial score (nSPS) is 19.3. The summed E-state index contributed by atoms with van der Waals surface area (Å²) in [7, 11) is 3.27. The fourth-order valence-electron chi connectivity index (χ4n) is 2.44. The van der Waals surface area contributed by atoms with Gasteiger partial charge in [-0.1, -0.05) is 6.07 Å². The van der Waals surface area contributed by atoms with E-state index in [2.05, 4.69) is 5.32 Å². The predicted molar refractivity (Wildman–Crippen MR) is 71.9 cm³/mol. The van der Waals surface area contributed by atoms with Gasteiger partial charge in [0.25, 0.3) is 5.91 Å². The lowest BCUT2D eigenvalue weighted by atomic mass is 10.1. The second kappa shape index (κ2) is 6.02. The molecule has 1 aromatic rings. The van der Waals surface area contributed by atoms with Crippen LogP contribution in [0.15, 0.2) is 18.2 Å². The molecule has 1 fully saturated rings. The molecule has 2 rings (SSSR count). The second-order valence-electron chi connectivity index (χ2n) is 4.66. The van der Waals surface area contributed by atoms with Crippen LogP contribution in [0.5, 0.6) is 0 Å². The summed E-state index contributed by atoms with van der Waals surface area (Å²) in [6, 6.07) is 4.55. The Hall–Kier alpha value is -1.62. The number of hydrogen-bond acceptors (Lipinski definition) is 3. The van der Waals surface area contributed by atoms with E-state index >= 15 is 0 Å². The van der Waals surface area contributed by atoms with E-state index in [4.69, 9.17) is 4.74 Å². The summed E-state index contributed by atoms with van der Waals surface area (Å²) >= 11 is 0. The number of carbonyl (C=O) groups excluding carboxylic acids is 1. The number of likely N-dealkylation sites (tertiary alicyclic amines) is 1. The third-order valence-electron chi connectivity index (χ3n) is 3.49. The molecule has 1 aliphatic heterocycles. The molecule has 1 saturated heterocycles. The maximum absolute atomic E-state index is 13.7. The molecule has 0 spiro atoms. The SMILES string of the molecule is CNc1c(F)cccc1C(=O)N1CCCC(OC)C1. The number of nitrogens with one attached hydrogen (secondary N) is 1. The first-order valence-electron chi connectivity index (χ1n) is 6.45. The molecule has 0 aromatic heterocycles. The van der Waals surface area contributed by atoms with Crippen LogP contribution in [0.25, 0.3) is 0 Å². The van der Waals surface area contributed by atoms with E-state index in [0.717, 1.165) is 12.8 Å². The van der Waals surface area contributed by atoms with Crippen LogP contribution in [0.1, 0.15) is 23.2 Å². The molecule has 4 nitrogen and oxygen atoms in total. The van der Waals surface area contributed by atoms with Gasteiger partial charge >= 0.3 is 0 Å². The summed E-state index contributed by atoms with van der Waals surface area (Å²) in [5.41, 5.74) is 0.631. The minimum absolute atomic E-state index is 0.0734. The Kier molecular flexibility index (Phi) is 4.37. The molecular weight excluding hydrogens is 247 g/mol. The van der Waals surface area contributed by atoms with E-state index < -0.39 is 5.82 Å². The van der Waals surface area contributed by atoms with E-state index in [1.807, 2.05) is 0 Å². The molecule has 1 atom stereocenters. The molecule has 1 N–H and O–H groups in total. The van der Waals surface area contributed by atoms with Crippen molar-refractivity contribution in [3.05, 3.63) is 29.6 Å². The molecule has 104 valence electrons. The third kappa shape index (κ3) is 2.87. The van der Waals surface area contributed by atoms with Gasteiger partial charge < -0.3 is 15.0 Å². The molecule has 19 heavy (non-hydrogen) atoms. The average Bonchev–Trinajstić information content (AvgIpc) is 2.46. The molecule has 1 heterocycles. The summed E-state index contributed by atoms with van der Waals surface area (Å²) in [5.74, 6) is -0.556. The maximum Gasteiger partial charge on any atom is 0.256 e. The number of ether oxygens (including phenoxy) is 1. The first-order chi connectivity index (χ1) is 9.17. The van der Waals surface area contributed by atoms with Crippen LogP contribution < -0.4 is 5.32 Å². The highest BCUT2D eigenvalue weighted by molar-refractivity contribution is 5.99. The van der Waals surface area contributed by atoms with Crippen molar-refractivity contribution in [3.63, 3.8) is 0 Å². The molecule has 1 aliphatic rings. The lowest BCUT2D eigenvalue weighted by Gasteiger charge is -2.32. The Balaban J connectivity index is 2.22. The molecule has 1 aromatic carbocycles. The van der Waals surface area contributed by atoms with Gasteiger partial charge in [0, 0.05) is 27.2 Å². The van der Waals surface area contributed by atoms with Crippen molar-refractivity contribution in [2.75, 3.05) is 32.6 Å². The zero-order valence-corrected chi connectivity index (χ0v) is 11.3. The quantitative estimate of drug-likeness (QED) is 0.911. The van der Waals surface area contributed by atoms with Crippen molar-refractivity contribution >= 4 is 11.6 Å². The van der Waals surface area contributed by atoms with Crippen molar-refractivity contribution in [2.24, 2.45) is 0 Å². The van der Waals surface area contributed by atoms with Gasteiger partial charge in [-0.3, -0.25) is 4.79 Å². The van der Waals surface area contributed by atoms with Gasteiger partial charge in [-0.15, -0.1) is 0 Å². The van der Waals surface area contributed by atoms with E-state index in [9.17, 15) is 9.18 Å². The lowest BCUT2D eigenvalue weighted by Crippen LogP contribution is -2.43. The topological polar surface area (TPSA) is 41.6 Å². The molecular formula is C14H19FN2O2. The molecule has 0 aliphatic carbocycles. The molecule has 1 amide bonds. The summed E-state index contributed by atoms with van der Waals surface area (Å²) in [5, 5.41) is 2.76. The number of halogens is 1. The number of para-hydroxylation sites is 1.